The first kappa shape index (κ1) is 17.2. The first-order chi connectivity index (χ1) is 12.0. The summed E-state index contributed by atoms with van der Waals surface area (Å²) in [7, 11) is 1.57. The van der Waals surface area contributed by atoms with Gasteiger partial charge in [0.15, 0.2) is 17.3 Å². The molecule has 0 radical (unpaired) electrons. The average molecular weight is 340 g/mol. The summed E-state index contributed by atoms with van der Waals surface area (Å²) in [5.74, 6) is 1.09. The molecule has 1 aliphatic rings. The number of hydrogen-bond donors (Lipinski definition) is 0. The molecule has 0 N–H and O–H groups in total. The van der Waals surface area contributed by atoms with Gasteiger partial charge in [-0.1, -0.05) is 31.2 Å². The lowest BCUT2D eigenvalue weighted by atomic mass is 10.0. The molecule has 0 aliphatic heterocycles. The van der Waals surface area contributed by atoms with Gasteiger partial charge in [0.2, 0.25) is 0 Å². The van der Waals surface area contributed by atoms with Crippen molar-refractivity contribution in [3.8, 4) is 11.5 Å². The molecule has 25 heavy (non-hydrogen) atoms. The second-order valence-electron chi connectivity index (χ2n) is 6.58. The van der Waals surface area contributed by atoms with Crippen molar-refractivity contribution in [3.05, 3.63) is 65.5 Å². The zero-order chi connectivity index (χ0) is 17.9. The molecule has 0 bridgehead atoms. The van der Waals surface area contributed by atoms with Crippen LogP contribution in [0.25, 0.3) is 6.08 Å². The molecule has 0 atom stereocenters. The lowest BCUT2D eigenvalue weighted by Gasteiger charge is -2.11. The van der Waals surface area contributed by atoms with Crippen molar-refractivity contribution in [2.75, 3.05) is 7.11 Å². The third-order valence-corrected chi connectivity index (χ3v) is 4.52. The number of halogens is 1. The Bertz CT molecular complexity index is 789. The van der Waals surface area contributed by atoms with Crippen LogP contribution in [0.15, 0.2) is 48.5 Å². The number of ketones is 1. The third-order valence-electron chi connectivity index (χ3n) is 4.52. The van der Waals surface area contributed by atoms with Gasteiger partial charge < -0.3 is 9.47 Å². The van der Waals surface area contributed by atoms with Gasteiger partial charge in [-0.3, -0.25) is 4.79 Å². The molecular formula is C21H21FO3. The molecule has 0 heterocycles. The Kier molecular flexibility index (Phi) is 4.88. The minimum atomic E-state index is -0.271. The van der Waals surface area contributed by atoms with E-state index in [0.29, 0.717) is 18.1 Å². The highest BCUT2D eigenvalue weighted by atomic mass is 19.1. The Morgan fingerprint density at radius 3 is 2.52 bits per heavy atom. The van der Waals surface area contributed by atoms with Crippen molar-refractivity contribution in [3.63, 3.8) is 0 Å². The van der Waals surface area contributed by atoms with E-state index >= 15 is 0 Å². The molecule has 1 saturated carbocycles. The number of benzene rings is 2. The third kappa shape index (κ3) is 4.27. The predicted molar refractivity (Wildman–Crippen MR) is 95.1 cm³/mol. The van der Waals surface area contributed by atoms with Crippen LogP contribution in [-0.4, -0.2) is 12.9 Å². The van der Waals surface area contributed by atoms with Crippen molar-refractivity contribution in [2.45, 2.75) is 26.4 Å². The summed E-state index contributed by atoms with van der Waals surface area (Å²) in [6, 6.07) is 11.7. The number of rotatable bonds is 7. The standard InChI is InChI=1S/C21H21FO3/c1-21(11-12-21)20(23)10-6-15-5-9-18(19(13-15)24-2)25-14-16-3-7-17(22)8-4-16/h3-10,13H,11-12,14H2,1-2H3/b10-6+. The van der Waals surface area contributed by atoms with Gasteiger partial charge in [0.05, 0.1) is 7.11 Å². The molecule has 4 heteroatoms. The number of ether oxygens (including phenoxy) is 2. The summed E-state index contributed by atoms with van der Waals surface area (Å²) in [4.78, 5) is 12.0. The van der Waals surface area contributed by atoms with Crippen LogP contribution in [0.4, 0.5) is 4.39 Å². The molecule has 3 rings (SSSR count). The van der Waals surface area contributed by atoms with E-state index in [4.69, 9.17) is 9.47 Å². The van der Waals surface area contributed by atoms with Gasteiger partial charge in [0.25, 0.3) is 0 Å². The number of carbonyl (C=O) groups is 1. The van der Waals surface area contributed by atoms with Crippen LogP contribution in [0, 0.1) is 11.2 Å². The fourth-order valence-electron chi connectivity index (χ4n) is 2.46. The Morgan fingerprint density at radius 2 is 1.88 bits per heavy atom. The summed E-state index contributed by atoms with van der Waals surface area (Å²) in [5.41, 5.74) is 1.60. The minimum Gasteiger partial charge on any atom is -0.493 e. The largest absolute Gasteiger partial charge is 0.493 e. The van der Waals surface area contributed by atoms with Crippen LogP contribution in [0.5, 0.6) is 11.5 Å². The quantitative estimate of drug-likeness (QED) is 0.680. The van der Waals surface area contributed by atoms with E-state index in [9.17, 15) is 9.18 Å². The molecule has 130 valence electrons. The van der Waals surface area contributed by atoms with Gasteiger partial charge in [-0.05, 0) is 54.3 Å². The summed E-state index contributed by atoms with van der Waals surface area (Å²) < 4.78 is 24.1. The lowest BCUT2D eigenvalue weighted by molar-refractivity contribution is -0.118. The molecular weight excluding hydrogens is 319 g/mol. The van der Waals surface area contributed by atoms with Crippen LogP contribution in [0.1, 0.15) is 30.9 Å². The Morgan fingerprint density at radius 1 is 1.16 bits per heavy atom. The maximum Gasteiger partial charge on any atom is 0.161 e. The van der Waals surface area contributed by atoms with Crippen LogP contribution in [-0.2, 0) is 11.4 Å². The van der Waals surface area contributed by atoms with Crippen molar-refractivity contribution in [1.29, 1.82) is 0 Å². The zero-order valence-corrected chi connectivity index (χ0v) is 14.4. The van der Waals surface area contributed by atoms with Crippen molar-refractivity contribution in [2.24, 2.45) is 5.41 Å². The van der Waals surface area contributed by atoms with Gasteiger partial charge >= 0.3 is 0 Å². The number of carbonyl (C=O) groups excluding carboxylic acids is 1. The molecule has 0 aromatic heterocycles. The normalized spacial score (nSPS) is 15.2. The van der Waals surface area contributed by atoms with E-state index in [1.807, 2.05) is 25.1 Å². The van der Waals surface area contributed by atoms with Gasteiger partial charge in [0, 0.05) is 5.41 Å². The maximum atomic E-state index is 12.9. The number of allylic oxidation sites excluding steroid dienone is 1. The second kappa shape index (κ2) is 7.09. The molecule has 0 unspecified atom stereocenters. The molecule has 2 aromatic carbocycles. The topological polar surface area (TPSA) is 35.5 Å². The summed E-state index contributed by atoms with van der Waals surface area (Å²) >= 11 is 0. The molecule has 1 aliphatic carbocycles. The van der Waals surface area contributed by atoms with E-state index in [0.717, 1.165) is 24.0 Å². The van der Waals surface area contributed by atoms with Crippen molar-refractivity contribution >= 4 is 11.9 Å². The Hall–Kier alpha value is -2.62. The molecule has 0 amide bonds. The monoisotopic (exact) mass is 340 g/mol. The van der Waals surface area contributed by atoms with Crippen LogP contribution in [0.2, 0.25) is 0 Å². The number of hydrogen-bond acceptors (Lipinski definition) is 3. The van der Waals surface area contributed by atoms with E-state index < -0.39 is 0 Å². The molecule has 1 fully saturated rings. The van der Waals surface area contributed by atoms with Gasteiger partial charge in [-0.25, -0.2) is 4.39 Å². The molecule has 3 nitrogen and oxygen atoms in total. The first-order valence-electron chi connectivity index (χ1n) is 8.28. The van der Waals surface area contributed by atoms with Crippen LogP contribution < -0.4 is 9.47 Å². The molecule has 2 aromatic rings. The predicted octanol–water partition coefficient (Wildman–Crippen LogP) is 4.80. The highest BCUT2D eigenvalue weighted by molar-refractivity contribution is 5.99. The highest BCUT2D eigenvalue weighted by Crippen LogP contribution is 2.46. The van der Waals surface area contributed by atoms with E-state index in [1.165, 1.54) is 12.1 Å². The maximum absolute atomic E-state index is 12.9. The van der Waals surface area contributed by atoms with Gasteiger partial charge in [-0.2, -0.15) is 0 Å². The van der Waals surface area contributed by atoms with Gasteiger partial charge in [-0.15, -0.1) is 0 Å². The highest BCUT2D eigenvalue weighted by Gasteiger charge is 2.42. The molecule has 0 spiro atoms. The second-order valence-corrected chi connectivity index (χ2v) is 6.58. The van der Waals surface area contributed by atoms with Crippen molar-refractivity contribution in [1.82, 2.24) is 0 Å². The lowest BCUT2D eigenvalue weighted by Crippen LogP contribution is -2.07. The summed E-state index contributed by atoms with van der Waals surface area (Å²) in [5, 5.41) is 0. The summed E-state index contributed by atoms with van der Waals surface area (Å²) in [6.45, 7) is 2.31. The fourth-order valence-corrected chi connectivity index (χ4v) is 2.46. The van der Waals surface area contributed by atoms with E-state index in [2.05, 4.69) is 0 Å². The zero-order valence-electron chi connectivity index (χ0n) is 14.4. The van der Waals surface area contributed by atoms with Crippen LogP contribution >= 0.6 is 0 Å². The first-order valence-corrected chi connectivity index (χ1v) is 8.28. The molecule has 0 saturated heterocycles. The average Bonchev–Trinajstić information content (AvgIpc) is 3.38. The summed E-state index contributed by atoms with van der Waals surface area (Å²) in [6.07, 6.45) is 5.38. The number of methoxy groups -OCH3 is 1. The Balaban J connectivity index is 1.67. The van der Waals surface area contributed by atoms with Crippen molar-refractivity contribution < 1.29 is 18.7 Å². The van der Waals surface area contributed by atoms with E-state index in [-0.39, 0.29) is 17.0 Å². The fraction of sp³-hybridized carbons (Fsp3) is 0.286. The Labute approximate surface area is 147 Å². The van der Waals surface area contributed by atoms with E-state index in [1.54, 1.807) is 31.4 Å². The minimum absolute atomic E-state index is 0.154. The SMILES string of the molecule is COc1cc(/C=C/C(=O)C2(C)CC2)ccc1OCc1ccc(F)cc1. The smallest absolute Gasteiger partial charge is 0.161 e. The van der Waals surface area contributed by atoms with Crippen LogP contribution in [0.3, 0.4) is 0 Å². The van der Waals surface area contributed by atoms with Gasteiger partial charge in [0.1, 0.15) is 12.4 Å².